The number of nitrogens with one attached hydrogen (secondary N) is 2. The molecule has 0 atom stereocenters. The largest absolute Gasteiger partial charge is 0.356 e. The average molecular weight is 272 g/mol. The van der Waals surface area contributed by atoms with Crippen LogP contribution in [0.25, 0.3) is 0 Å². The Bertz CT molecular complexity index is 218. The smallest absolute Gasteiger partial charge is 0.220 e. The number of rotatable bonds is 9. The second-order valence-corrected chi connectivity index (χ2v) is 6.12. The molecule has 1 heterocycles. The lowest BCUT2D eigenvalue weighted by atomic mass is 9.93. The fraction of sp³-hybridized carbons (Fsp3) is 0.929. The van der Waals surface area contributed by atoms with Gasteiger partial charge in [0.15, 0.2) is 0 Å². The van der Waals surface area contributed by atoms with Crippen molar-refractivity contribution < 1.29 is 4.79 Å². The average Bonchev–Trinajstić information content (AvgIpc) is 2.41. The number of piperidine rings is 1. The maximum atomic E-state index is 11.6. The van der Waals surface area contributed by atoms with Crippen LogP contribution in [0, 0.1) is 5.92 Å². The number of hydrogen-bond donors (Lipinski definition) is 2. The van der Waals surface area contributed by atoms with Crippen LogP contribution in [0.3, 0.4) is 0 Å². The minimum atomic E-state index is 0.249. The molecular weight excluding hydrogens is 244 g/mol. The summed E-state index contributed by atoms with van der Waals surface area (Å²) in [5.74, 6) is 2.25. The molecule has 0 aromatic rings. The highest BCUT2D eigenvalue weighted by molar-refractivity contribution is 7.98. The molecule has 1 aliphatic rings. The van der Waals surface area contributed by atoms with Crippen molar-refractivity contribution in [2.75, 3.05) is 31.6 Å². The van der Waals surface area contributed by atoms with Crippen LogP contribution in [0.4, 0.5) is 0 Å². The molecule has 0 spiro atoms. The quantitative estimate of drug-likeness (QED) is 0.633. The van der Waals surface area contributed by atoms with Gasteiger partial charge in [-0.1, -0.05) is 6.42 Å². The van der Waals surface area contributed by atoms with Crippen molar-refractivity contribution in [3.8, 4) is 0 Å². The third-order valence-corrected chi connectivity index (χ3v) is 4.28. The molecule has 1 aliphatic heterocycles. The first-order valence-electron chi connectivity index (χ1n) is 7.29. The number of thioether (sulfide) groups is 1. The summed E-state index contributed by atoms with van der Waals surface area (Å²) >= 11 is 1.90. The molecule has 2 N–H and O–H groups in total. The molecule has 0 bridgehead atoms. The minimum Gasteiger partial charge on any atom is -0.356 e. The summed E-state index contributed by atoms with van der Waals surface area (Å²) < 4.78 is 0. The van der Waals surface area contributed by atoms with Gasteiger partial charge in [0.2, 0.25) is 5.91 Å². The molecule has 106 valence electrons. The lowest BCUT2D eigenvalue weighted by molar-refractivity contribution is -0.121. The molecule has 1 fully saturated rings. The molecule has 0 radical (unpaired) electrons. The molecule has 0 aromatic carbocycles. The molecule has 0 saturated carbocycles. The Morgan fingerprint density at radius 3 is 2.78 bits per heavy atom. The van der Waals surface area contributed by atoms with E-state index in [0.29, 0.717) is 0 Å². The van der Waals surface area contributed by atoms with Gasteiger partial charge in [0.05, 0.1) is 0 Å². The highest BCUT2D eigenvalue weighted by Crippen LogP contribution is 2.17. The van der Waals surface area contributed by atoms with Crippen molar-refractivity contribution in [1.29, 1.82) is 0 Å². The van der Waals surface area contributed by atoms with E-state index in [9.17, 15) is 4.79 Å². The molecule has 0 unspecified atom stereocenters. The minimum absolute atomic E-state index is 0.249. The summed E-state index contributed by atoms with van der Waals surface area (Å²) in [5, 5.41) is 6.40. The zero-order valence-electron chi connectivity index (χ0n) is 11.7. The lowest BCUT2D eigenvalue weighted by Gasteiger charge is -2.22. The number of carbonyl (C=O) groups is 1. The Morgan fingerprint density at radius 1 is 1.28 bits per heavy atom. The Kier molecular flexibility index (Phi) is 9.40. The van der Waals surface area contributed by atoms with Gasteiger partial charge in [-0.15, -0.1) is 0 Å². The maximum absolute atomic E-state index is 11.6. The van der Waals surface area contributed by atoms with Crippen molar-refractivity contribution in [3.63, 3.8) is 0 Å². The SMILES string of the molecule is CSCCCCCNC(=O)CCC1CCNCC1. The Balaban J connectivity index is 1.90. The van der Waals surface area contributed by atoms with Crippen molar-refractivity contribution in [1.82, 2.24) is 10.6 Å². The molecule has 1 rings (SSSR count). The van der Waals surface area contributed by atoms with Crippen molar-refractivity contribution in [3.05, 3.63) is 0 Å². The standard InChI is InChI=1S/C14H28N2OS/c1-18-12-4-2-3-9-16-14(17)6-5-13-7-10-15-11-8-13/h13,15H,2-12H2,1H3,(H,16,17). The fourth-order valence-electron chi connectivity index (χ4n) is 2.37. The zero-order valence-corrected chi connectivity index (χ0v) is 12.5. The summed E-state index contributed by atoms with van der Waals surface area (Å²) in [6, 6.07) is 0. The van der Waals surface area contributed by atoms with Crippen LogP contribution < -0.4 is 10.6 Å². The summed E-state index contributed by atoms with van der Waals surface area (Å²) in [6.45, 7) is 3.11. The summed E-state index contributed by atoms with van der Waals surface area (Å²) in [4.78, 5) is 11.6. The summed E-state index contributed by atoms with van der Waals surface area (Å²) in [5.41, 5.74) is 0. The lowest BCUT2D eigenvalue weighted by Crippen LogP contribution is -2.29. The molecular formula is C14H28N2OS. The molecule has 1 saturated heterocycles. The molecule has 3 nitrogen and oxygen atoms in total. The van der Waals surface area contributed by atoms with Crippen molar-refractivity contribution >= 4 is 17.7 Å². The van der Waals surface area contributed by atoms with E-state index in [-0.39, 0.29) is 5.91 Å². The van der Waals surface area contributed by atoms with Gasteiger partial charge in [-0.25, -0.2) is 0 Å². The van der Waals surface area contributed by atoms with Gasteiger partial charge in [-0.3, -0.25) is 4.79 Å². The van der Waals surface area contributed by atoms with Crippen LogP contribution in [0.15, 0.2) is 0 Å². The highest BCUT2D eigenvalue weighted by Gasteiger charge is 2.14. The number of hydrogen-bond acceptors (Lipinski definition) is 3. The third kappa shape index (κ3) is 7.98. The third-order valence-electron chi connectivity index (χ3n) is 3.59. The Labute approximate surface area is 116 Å². The highest BCUT2D eigenvalue weighted by atomic mass is 32.2. The van der Waals surface area contributed by atoms with Crippen LogP contribution in [-0.2, 0) is 4.79 Å². The molecule has 4 heteroatoms. The molecule has 1 amide bonds. The zero-order chi connectivity index (χ0) is 13.1. The Hall–Kier alpha value is -0.220. The van der Waals surface area contributed by atoms with E-state index in [2.05, 4.69) is 16.9 Å². The Morgan fingerprint density at radius 2 is 2.06 bits per heavy atom. The second-order valence-electron chi connectivity index (χ2n) is 5.14. The summed E-state index contributed by atoms with van der Waals surface area (Å²) in [7, 11) is 0. The predicted molar refractivity (Wildman–Crippen MR) is 80.1 cm³/mol. The van der Waals surface area contributed by atoms with Crippen LogP contribution in [-0.4, -0.2) is 37.6 Å². The molecule has 0 aliphatic carbocycles. The van der Waals surface area contributed by atoms with Crippen LogP contribution in [0.5, 0.6) is 0 Å². The van der Waals surface area contributed by atoms with Crippen LogP contribution >= 0.6 is 11.8 Å². The van der Waals surface area contributed by atoms with Crippen molar-refractivity contribution in [2.24, 2.45) is 5.92 Å². The van der Waals surface area contributed by atoms with Gasteiger partial charge in [0.1, 0.15) is 0 Å². The van der Waals surface area contributed by atoms with E-state index in [1.807, 2.05) is 11.8 Å². The van der Waals surface area contributed by atoms with Gasteiger partial charge in [0.25, 0.3) is 0 Å². The van der Waals surface area contributed by atoms with Gasteiger partial charge < -0.3 is 10.6 Å². The van der Waals surface area contributed by atoms with Gasteiger partial charge in [-0.2, -0.15) is 11.8 Å². The van der Waals surface area contributed by atoms with E-state index in [1.165, 1.54) is 31.4 Å². The first kappa shape index (κ1) is 15.8. The van der Waals surface area contributed by atoms with Crippen molar-refractivity contribution in [2.45, 2.75) is 44.9 Å². The predicted octanol–water partition coefficient (Wildman–Crippen LogP) is 2.42. The van der Waals surface area contributed by atoms with Crippen LogP contribution in [0.1, 0.15) is 44.9 Å². The monoisotopic (exact) mass is 272 g/mol. The number of carbonyl (C=O) groups excluding carboxylic acids is 1. The fourth-order valence-corrected chi connectivity index (χ4v) is 2.86. The van der Waals surface area contributed by atoms with E-state index in [1.54, 1.807) is 0 Å². The topological polar surface area (TPSA) is 41.1 Å². The van der Waals surface area contributed by atoms with Gasteiger partial charge >= 0.3 is 0 Å². The van der Waals surface area contributed by atoms with E-state index in [4.69, 9.17) is 0 Å². The second kappa shape index (κ2) is 10.7. The van der Waals surface area contributed by atoms with Gasteiger partial charge in [-0.05, 0) is 63.1 Å². The first-order chi connectivity index (χ1) is 8.83. The summed E-state index contributed by atoms with van der Waals surface area (Å²) in [6.07, 6.45) is 10.0. The van der Waals surface area contributed by atoms with E-state index in [0.717, 1.165) is 44.8 Å². The van der Waals surface area contributed by atoms with Crippen LogP contribution in [0.2, 0.25) is 0 Å². The number of unbranched alkanes of at least 4 members (excludes halogenated alkanes) is 2. The molecule has 18 heavy (non-hydrogen) atoms. The maximum Gasteiger partial charge on any atom is 0.220 e. The number of amides is 1. The first-order valence-corrected chi connectivity index (χ1v) is 8.68. The van der Waals surface area contributed by atoms with Gasteiger partial charge in [0, 0.05) is 13.0 Å². The van der Waals surface area contributed by atoms with E-state index < -0.39 is 0 Å². The van der Waals surface area contributed by atoms with E-state index >= 15 is 0 Å². The normalized spacial score (nSPS) is 16.7. The molecule has 0 aromatic heterocycles.